The molecule has 1 rings (SSSR count). The van der Waals surface area contributed by atoms with Gasteiger partial charge in [-0.2, -0.15) is 0 Å². The van der Waals surface area contributed by atoms with Crippen molar-refractivity contribution < 1.29 is 9.90 Å². The number of benzene rings is 1. The molecular weight excluding hydrogens is 278 g/mol. The van der Waals surface area contributed by atoms with Gasteiger partial charge in [-0.05, 0) is 31.3 Å². The van der Waals surface area contributed by atoms with Crippen LogP contribution in [-0.4, -0.2) is 29.9 Å². The largest absolute Gasteiger partial charge is 0.480 e. The molecule has 0 spiro atoms. The first-order valence-corrected chi connectivity index (χ1v) is 6.20. The summed E-state index contributed by atoms with van der Waals surface area (Å²) < 4.78 is 1.02. The topological polar surface area (TPSA) is 49.3 Å². The minimum absolute atomic E-state index is 0.501. The van der Waals surface area contributed by atoms with E-state index in [1.165, 1.54) is 11.8 Å². The molecule has 0 amide bonds. The average molecular weight is 290 g/mol. The van der Waals surface area contributed by atoms with Crippen LogP contribution in [0.2, 0.25) is 0 Å². The summed E-state index contributed by atoms with van der Waals surface area (Å²) in [5.41, 5.74) is 0. The number of thioether (sulfide) groups is 1. The number of hydrogen-bond acceptors (Lipinski definition) is 3. The van der Waals surface area contributed by atoms with Gasteiger partial charge < -0.3 is 10.4 Å². The van der Waals surface area contributed by atoms with Crippen LogP contribution in [0, 0.1) is 0 Å². The Balaban J connectivity index is 2.49. The summed E-state index contributed by atoms with van der Waals surface area (Å²) >= 11 is 4.87. The Morgan fingerprint density at radius 2 is 2.13 bits per heavy atom. The number of hydrogen-bond donors (Lipinski definition) is 2. The molecule has 0 radical (unpaired) electrons. The first kappa shape index (κ1) is 12.5. The maximum absolute atomic E-state index is 10.7. The van der Waals surface area contributed by atoms with Gasteiger partial charge in [-0.1, -0.05) is 15.9 Å². The summed E-state index contributed by atoms with van der Waals surface area (Å²) in [4.78, 5) is 11.8. The molecule has 2 N–H and O–H groups in total. The van der Waals surface area contributed by atoms with Gasteiger partial charge in [0.05, 0.1) is 0 Å². The number of aliphatic carboxylic acids is 1. The van der Waals surface area contributed by atoms with Crippen molar-refractivity contribution in [2.24, 2.45) is 0 Å². The van der Waals surface area contributed by atoms with Crippen LogP contribution < -0.4 is 5.32 Å². The highest BCUT2D eigenvalue weighted by Crippen LogP contribution is 2.21. The molecule has 82 valence electrons. The minimum Gasteiger partial charge on any atom is -0.480 e. The van der Waals surface area contributed by atoms with E-state index < -0.39 is 12.0 Å². The number of likely N-dealkylation sites (N-methyl/N-ethyl adjacent to an activating group) is 1. The molecule has 3 nitrogen and oxygen atoms in total. The third kappa shape index (κ3) is 4.24. The number of carboxylic acids is 1. The Morgan fingerprint density at radius 3 is 2.60 bits per heavy atom. The van der Waals surface area contributed by atoms with Crippen LogP contribution in [0.5, 0.6) is 0 Å². The monoisotopic (exact) mass is 289 g/mol. The lowest BCUT2D eigenvalue weighted by molar-refractivity contribution is -0.138. The van der Waals surface area contributed by atoms with Crippen molar-refractivity contribution in [1.82, 2.24) is 5.32 Å². The summed E-state index contributed by atoms with van der Waals surface area (Å²) in [5, 5.41) is 11.6. The van der Waals surface area contributed by atoms with Crippen LogP contribution >= 0.6 is 27.7 Å². The number of carbonyl (C=O) groups is 1. The quantitative estimate of drug-likeness (QED) is 0.816. The maximum Gasteiger partial charge on any atom is 0.321 e. The highest BCUT2D eigenvalue weighted by molar-refractivity contribution is 9.10. The molecular formula is C10H12BrNO2S. The molecule has 0 saturated heterocycles. The van der Waals surface area contributed by atoms with E-state index in [9.17, 15) is 4.79 Å². The van der Waals surface area contributed by atoms with E-state index in [0.29, 0.717) is 5.75 Å². The third-order valence-electron chi connectivity index (χ3n) is 1.88. The summed E-state index contributed by atoms with van der Waals surface area (Å²) in [6.45, 7) is 0. The molecule has 1 atom stereocenters. The predicted molar refractivity (Wildman–Crippen MR) is 65.3 cm³/mol. The van der Waals surface area contributed by atoms with Gasteiger partial charge in [0, 0.05) is 15.1 Å². The van der Waals surface area contributed by atoms with Gasteiger partial charge in [0.2, 0.25) is 0 Å². The Hall–Kier alpha value is -0.520. The second kappa shape index (κ2) is 6.15. The third-order valence-corrected chi connectivity index (χ3v) is 3.51. The molecule has 1 aromatic carbocycles. The molecule has 0 aliphatic carbocycles. The second-order valence-electron chi connectivity index (χ2n) is 2.94. The van der Waals surface area contributed by atoms with Crippen molar-refractivity contribution in [3.05, 3.63) is 28.7 Å². The van der Waals surface area contributed by atoms with E-state index in [0.717, 1.165) is 9.37 Å². The standard InChI is InChI=1S/C10H12BrNO2S/c1-12-9(10(13)14)6-15-8-4-2-7(11)3-5-8/h2-5,9,12H,6H2,1H3,(H,13,14). The summed E-state index contributed by atoms with van der Waals surface area (Å²) in [6, 6.07) is 7.31. The summed E-state index contributed by atoms with van der Waals surface area (Å²) in [5.74, 6) is -0.296. The van der Waals surface area contributed by atoms with Gasteiger partial charge in [0.15, 0.2) is 0 Å². The zero-order valence-electron chi connectivity index (χ0n) is 8.24. The maximum atomic E-state index is 10.7. The minimum atomic E-state index is -0.817. The second-order valence-corrected chi connectivity index (χ2v) is 4.95. The SMILES string of the molecule is CNC(CSc1ccc(Br)cc1)C(=O)O. The van der Waals surface area contributed by atoms with E-state index >= 15 is 0 Å². The van der Waals surface area contributed by atoms with Crippen molar-refractivity contribution >= 4 is 33.7 Å². The Kier molecular flexibility index (Phi) is 5.14. The number of halogens is 1. The molecule has 0 saturated carbocycles. The average Bonchev–Trinajstić information content (AvgIpc) is 2.21. The van der Waals surface area contributed by atoms with Crippen LogP contribution in [0.4, 0.5) is 0 Å². The Labute approximate surface area is 101 Å². The molecule has 0 fully saturated rings. The lowest BCUT2D eigenvalue weighted by Crippen LogP contribution is -2.35. The highest BCUT2D eigenvalue weighted by atomic mass is 79.9. The number of carboxylic acid groups (broad SMARTS) is 1. The smallest absolute Gasteiger partial charge is 0.321 e. The summed E-state index contributed by atoms with van der Waals surface area (Å²) in [7, 11) is 1.65. The Morgan fingerprint density at radius 1 is 1.53 bits per heavy atom. The Bertz CT molecular complexity index is 329. The van der Waals surface area contributed by atoms with Gasteiger partial charge >= 0.3 is 5.97 Å². The summed E-state index contributed by atoms with van der Waals surface area (Å²) in [6.07, 6.45) is 0. The van der Waals surface area contributed by atoms with E-state index in [4.69, 9.17) is 5.11 Å². The van der Waals surface area contributed by atoms with Crippen molar-refractivity contribution in [1.29, 1.82) is 0 Å². The molecule has 5 heteroatoms. The molecule has 0 heterocycles. The van der Waals surface area contributed by atoms with E-state index in [1.807, 2.05) is 24.3 Å². The molecule has 0 aromatic heterocycles. The molecule has 0 aliphatic rings. The lowest BCUT2D eigenvalue weighted by atomic mass is 10.3. The predicted octanol–water partition coefficient (Wildman–Crippen LogP) is 2.21. The first-order chi connectivity index (χ1) is 7.13. The van der Waals surface area contributed by atoms with Crippen molar-refractivity contribution in [3.63, 3.8) is 0 Å². The van der Waals surface area contributed by atoms with Gasteiger partial charge in [-0.15, -0.1) is 11.8 Å². The van der Waals surface area contributed by atoms with Gasteiger partial charge in [-0.3, -0.25) is 4.79 Å². The highest BCUT2D eigenvalue weighted by Gasteiger charge is 2.14. The van der Waals surface area contributed by atoms with Gasteiger partial charge in [0.1, 0.15) is 6.04 Å². The van der Waals surface area contributed by atoms with Crippen LogP contribution in [0.1, 0.15) is 0 Å². The van der Waals surface area contributed by atoms with Crippen LogP contribution in [0.3, 0.4) is 0 Å². The van der Waals surface area contributed by atoms with E-state index in [-0.39, 0.29) is 0 Å². The van der Waals surface area contributed by atoms with Crippen molar-refractivity contribution in [2.75, 3.05) is 12.8 Å². The molecule has 1 unspecified atom stereocenters. The number of rotatable bonds is 5. The van der Waals surface area contributed by atoms with Crippen LogP contribution in [0.25, 0.3) is 0 Å². The zero-order valence-corrected chi connectivity index (χ0v) is 10.6. The number of nitrogens with one attached hydrogen (secondary N) is 1. The van der Waals surface area contributed by atoms with E-state index in [1.54, 1.807) is 7.05 Å². The lowest BCUT2D eigenvalue weighted by Gasteiger charge is -2.10. The fourth-order valence-corrected chi connectivity index (χ4v) is 2.25. The van der Waals surface area contributed by atoms with Crippen molar-refractivity contribution in [2.45, 2.75) is 10.9 Å². The van der Waals surface area contributed by atoms with Crippen LogP contribution in [-0.2, 0) is 4.79 Å². The molecule has 0 aliphatic heterocycles. The normalized spacial score (nSPS) is 12.4. The zero-order chi connectivity index (χ0) is 11.3. The van der Waals surface area contributed by atoms with Gasteiger partial charge in [-0.25, -0.2) is 0 Å². The molecule has 1 aromatic rings. The van der Waals surface area contributed by atoms with E-state index in [2.05, 4.69) is 21.2 Å². The molecule has 0 bridgehead atoms. The fraction of sp³-hybridized carbons (Fsp3) is 0.300. The van der Waals surface area contributed by atoms with Crippen LogP contribution in [0.15, 0.2) is 33.6 Å². The van der Waals surface area contributed by atoms with Gasteiger partial charge in [0.25, 0.3) is 0 Å². The van der Waals surface area contributed by atoms with Crippen molar-refractivity contribution in [3.8, 4) is 0 Å². The first-order valence-electron chi connectivity index (χ1n) is 4.42. The molecule has 15 heavy (non-hydrogen) atoms. The fourth-order valence-electron chi connectivity index (χ4n) is 0.988.